The van der Waals surface area contributed by atoms with Gasteiger partial charge >= 0.3 is 5.82 Å². The molecular weight excluding hydrogens is 286 g/mol. The van der Waals surface area contributed by atoms with Crippen molar-refractivity contribution in [3.8, 4) is 5.69 Å². The Kier molecular flexibility index (Phi) is 3.81. The molecule has 0 saturated carbocycles. The zero-order valence-electron chi connectivity index (χ0n) is 10.4. The van der Waals surface area contributed by atoms with Crippen LogP contribution in [0.2, 0.25) is 0 Å². The molecule has 0 spiro atoms. The molecule has 0 aliphatic rings. The maximum absolute atomic E-state index is 13.6. The van der Waals surface area contributed by atoms with Crippen molar-refractivity contribution in [2.75, 3.05) is 6.54 Å². The lowest BCUT2D eigenvalue weighted by molar-refractivity contribution is -0.389. The van der Waals surface area contributed by atoms with Gasteiger partial charge in [-0.2, -0.15) is 0 Å². The average molecular weight is 294 g/mol. The monoisotopic (exact) mass is 294 g/mol. The van der Waals surface area contributed by atoms with Gasteiger partial charge in [0.05, 0.1) is 29.6 Å². The molecule has 108 valence electrons. The molecule has 0 N–H and O–H groups in total. The molecule has 21 heavy (non-hydrogen) atoms. The maximum atomic E-state index is 13.6. The van der Waals surface area contributed by atoms with Crippen LogP contribution in [0.5, 0.6) is 0 Å². The second-order valence-corrected chi connectivity index (χ2v) is 4.02. The minimum absolute atomic E-state index is 0.319. The molecule has 0 fully saturated rings. The van der Waals surface area contributed by atoms with Crippen molar-refractivity contribution in [2.24, 2.45) is 5.11 Å². The van der Waals surface area contributed by atoms with Crippen LogP contribution in [-0.2, 0) is 5.92 Å². The van der Waals surface area contributed by atoms with Crippen LogP contribution in [0.25, 0.3) is 16.1 Å². The van der Waals surface area contributed by atoms with Gasteiger partial charge in [0.25, 0.3) is 5.92 Å². The van der Waals surface area contributed by atoms with E-state index in [4.69, 9.17) is 5.53 Å². The maximum Gasteiger partial charge on any atom is 0.390 e. The number of hydrogen-bond donors (Lipinski definition) is 0. The van der Waals surface area contributed by atoms with Crippen LogP contribution in [0.4, 0.5) is 14.6 Å². The summed E-state index contributed by atoms with van der Waals surface area (Å²) < 4.78 is 28.4. The van der Waals surface area contributed by atoms with Gasteiger partial charge in [0, 0.05) is 10.5 Å². The van der Waals surface area contributed by atoms with Crippen molar-refractivity contribution >= 4 is 5.82 Å². The minimum Gasteiger partial charge on any atom is -0.358 e. The highest BCUT2D eigenvalue weighted by Crippen LogP contribution is 2.29. The van der Waals surface area contributed by atoms with Crippen LogP contribution >= 0.6 is 0 Å². The van der Waals surface area contributed by atoms with Crippen LogP contribution in [0, 0.1) is 10.1 Å². The zero-order chi connectivity index (χ0) is 15.5. The molecule has 8 nitrogen and oxygen atoms in total. The second-order valence-electron chi connectivity index (χ2n) is 4.02. The van der Waals surface area contributed by atoms with Crippen molar-refractivity contribution in [3.05, 3.63) is 62.6 Å². The first-order chi connectivity index (χ1) is 9.94. The number of nitrogens with zero attached hydrogens (tertiary/aromatic N) is 6. The van der Waals surface area contributed by atoms with E-state index in [2.05, 4.69) is 15.1 Å². The van der Waals surface area contributed by atoms with Gasteiger partial charge in [0.1, 0.15) is 0 Å². The summed E-state index contributed by atoms with van der Waals surface area (Å²) in [6.45, 7) is -0.976. The minimum atomic E-state index is -3.28. The average Bonchev–Trinajstić information content (AvgIpc) is 2.95. The predicted octanol–water partition coefficient (Wildman–Crippen LogP) is 3.18. The first-order valence-corrected chi connectivity index (χ1v) is 5.64. The molecule has 0 aliphatic heterocycles. The van der Waals surface area contributed by atoms with Gasteiger partial charge in [-0.3, -0.25) is 0 Å². The molecule has 10 heteroatoms. The molecule has 0 amide bonds. The fourth-order valence-electron chi connectivity index (χ4n) is 1.63. The third-order valence-electron chi connectivity index (χ3n) is 2.65. The fourth-order valence-corrected chi connectivity index (χ4v) is 1.63. The molecular formula is C11H8F2N6O2. The van der Waals surface area contributed by atoms with Crippen molar-refractivity contribution < 1.29 is 13.7 Å². The number of aromatic nitrogens is 2. The van der Waals surface area contributed by atoms with Crippen LogP contribution in [0.3, 0.4) is 0 Å². The van der Waals surface area contributed by atoms with Crippen LogP contribution in [0.1, 0.15) is 5.56 Å². The smallest absolute Gasteiger partial charge is 0.358 e. The van der Waals surface area contributed by atoms with E-state index in [1.165, 1.54) is 29.1 Å². The SMILES string of the molecule is [N-]=[N+]=NCC(F)(F)c1ccc(-n2ccc([N+](=O)[O-])n2)cc1. The molecule has 2 rings (SSSR count). The summed E-state index contributed by atoms with van der Waals surface area (Å²) in [4.78, 5) is 12.2. The van der Waals surface area contributed by atoms with Crippen LogP contribution < -0.4 is 0 Å². The highest BCUT2D eigenvalue weighted by molar-refractivity contribution is 5.36. The summed E-state index contributed by atoms with van der Waals surface area (Å²) in [5.74, 6) is -3.62. The number of rotatable bonds is 5. The lowest BCUT2D eigenvalue weighted by Crippen LogP contribution is -2.17. The number of nitro groups is 1. The lowest BCUT2D eigenvalue weighted by Gasteiger charge is -2.13. The summed E-state index contributed by atoms with van der Waals surface area (Å²) in [6.07, 6.45) is 1.35. The predicted molar refractivity (Wildman–Crippen MR) is 68.1 cm³/mol. The molecule has 2 aromatic rings. The Bertz CT molecular complexity index is 706. The third-order valence-corrected chi connectivity index (χ3v) is 2.65. The zero-order valence-corrected chi connectivity index (χ0v) is 10.4. The normalized spacial score (nSPS) is 11.0. The second kappa shape index (κ2) is 5.55. The van der Waals surface area contributed by atoms with Gasteiger partial charge in [-0.15, -0.1) is 4.68 Å². The molecule has 0 bridgehead atoms. The number of alkyl halides is 2. The number of hydrogen-bond acceptors (Lipinski definition) is 4. The summed E-state index contributed by atoms with van der Waals surface area (Å²) >= 11 is 0. The van der Waals surface area contributed by atoms with Gasteiger partial charge in [0.15, 0.2) is 0 Å². The molecule has 0 radical (unpaired) electrons. The van der Waals surface area contributed by atoms with Gasteiger partial charge in [0.2, 0.25) is 0 Å². The van der Waals surface area contributed by atoms with E-state index >= 15 is 0 Å². The number of azide groups is 1. The van der Waals surface area contributed by atoms with Crippen LogP contribution in [0.15, 0.2) is 41.6 Å². The lowest BCUT2D eigenvalue weighted by atomic mass is 10.1. The molecule has 0 atom stereocenters. The van der Waals surface area contributed by atoms with Crippen molar-refractivity contribution in [2.45, 2.75) is 5.92 Å². The van der Waals surface area contributed by atoms with E-state index in [1.54, 1.807) is 0 Å². The highest BCUT2D eigenvalue weighted by Gasteiger charge is 2.30. The molecule has 0 aliphatic carbocycles. The van der Waals surface area contributed by atoms with Crippen LogP contribution in [-0.4, -0.2) is 21.2 Å². The first kappa shape index (κ1) is 14.4. The fraction of sp³-hybridized carbons (Fsp3) is 0.182. The number of benzene rings is 1. The Morgan fingerprint density at radius 1 is 1.38 bits per heavy atom. The third kappa shape index (κ3) is 3.12. The van der Waals surface area contributed by atoms with E-state index in [-0.39, 0.29) is 11.4 Å². The Morgan fingerprint density at radius 2 is 2.05 bits per heavy atom. The topological polar surface area (TPSA) is 110 Å². The van der Waals surface area contributed by atoms with Gasteiger partial charge in [-0.05, 0) is 22.6 Å². The van der Waals surface area contributed by atoms with Gasteiger partial charge < -0.3 is 10.1 Å². The Balaban J connectivity index is 2.25. The summed E-state index contributed by atoms with van der Waals surface area (Å²) in [6, 6.07) is 6.18. The first-order valence-electron chi connectivity index (χ1n) is 5.64. The summed E-state index contributed by atoms with van der Waals surface area (Å²) in [5, 5.41) is 17.1. The summed E-state index contributed by atoms with van der Waals surface area (Å²) in [7, 11) is 0. The molecule has 0 saturated heterocycles. The molecule has 1 aromatic carbocycles. The van der Waals surface area contributed by atoms with Crippen molar-refractivity contribution in [1.29, 1.82) is 0 Å². The molecule has 1 heterocycles. The number of halogens is 2. The van der Waals surface area contributed by atoms with E-state index < -0.39 is 17.4 Å². The van der Waals surface area contributed by atoms with Crippen molar-refractivity contribution in [3.63, 3.8) is 0 Å². The Morgan fingerprint density at radius 3 is 2.57 bits per heavy atom. The Labute approximate surface area is 116 Å². The quantitative estimate of drug-likeness (QED) is 0.277. The van der Waals surface area contributed by atoms with Crippen molar-refractivity contribution in [1.82, 2.24) is 9.78 Å². The molecule has 0 unspecified atom stereocenters. The van der Waals surface area contributed by atoms with E-state index in [9.17, 15) is 18.9 Å². The van der Waals surface area contributed by atoms with Gasteiger partial charge in [-0.25, -0.2) is 8.78 Å². The standard InChI is InChI=1S/C11H8F2N6O2/c12-11(13,7-15-17-14)8-1-3-9(4-2-8)18-6-5-10(16-18)19(20)21/h1-6H,7H2. The van der Waals surface area contributed by atoms with Gasteiger partial charge in [-0.1, -0.05) is 17.2 Å². The largest absolute Gasteiger partial charge is 0.390 e. The Hall–Kier alpha value is -3.00. The van der Waals surface area contributed by atoms with E-state index in [1.807, 2.05) is 0 Å². The summed E-state index contributed by atoms with van der Waals surface area (Å²) in [5.41, 5.74) is 8.15. The van der Waals surface area contributed by atoms with E-state index in [0.717, 1.165) is 12.1 Å². The molecule has 1 aromatic heterocycles. The van der Waals surface area contributed by atoms with E-state index in [0.29, 0.717) is 5.69 Å². The highest BCUT2D eigenvalue weighted by atomic mass is 19.3.